The molecule has 2 atom stereocenters. The van der Waals surface area contributed by atoms with Crippen LogP contribution < -0.4 is 0 Å². The second kappa shape index (κ2) is 12.9. The summed E-state index contributed by atoms with van der Waals surface area (Å²) in [4.78, 5) is 24.0. The monoisotopic (exact) mass is 654 g/mol. The maximum Gasteiger partial charge on any atom is 0.412 e. The molecule has 2 aliphatic heterocycles. The van der Waals surface area contributed by atoms with Crippen LogP contribution >= 0.6 is 11.6 Å². The standard InChI is InChI=1S/C40H35ClN4O3/c41-33-21-19-29(20-22-33)38-36(44-23-11-10-18-37(44)42-38)26-43-24-34-27-47-28-35(25-43)45(34)39(46)48-40(30-12-4-1-5-13-30,31-14-6-2-7-15-31)32-16-8-3-9-17-32/h1-23,34-35H,24-28H2. The number of aromatic nitrogens is 2. The number of rotatable bonds is 7. The number of imidazole rings is 1. The summed E-state index contributed by atoms with van der Waals surface area (Å²) in [6, 6.07) is 43.6. The van der Waals surface area contributed by atoms with Crippen LogP contribution in [0.15, 0.2) is 140 Å². The smallest absolute Gasteiger partial charge is 0.412 e. The number of fused-ring (bicyclic) bond motifs is 3. The van der Waals surface area contributed by atoms with Crippen molar-refractivity contribution in [3.05, 3.63) is 167 Å². The van der Waals surface area contributed by atoms with Gasteiger partial charge in [-0.2, -0.15) is 0 Å². The van der Waals surface area contributed by atoms with Crippen LogP contribution in [0.25, 0.3) is 16.9 Å². The molecule has 240 valence electrons. The van der Waals surface area contributed by atoms with E-state index in [0.717, 1.165) is 39.3 Å². The van der Waals surface area contributed by atoms with Gasteiger partial charge >= 0.3 is 6.09 Å². The number of benzene rings is 4. The molecule has 2 fully saturated rings. The van der Waals surface area contributed by atoms with Gasteiger partial charge in [-0.25, -0.2) is 9.78 Å². The normalized spacial score (nSPS) is 18.1. The first kappa shape index (κ1) is 30.4. The quantitative estimate of drug-likeness (QED) is 0.165. The summed E-state index contributed by atoms with van der Waals surface area (Å²) >= 11 is 6.22. The molecule has 48 heavy (non-hydrogen) atoms. The van der Waals surface area contributed by atoms with E-state index in [1.165, 1.54) is 0 Å². The van der Waals surface area contributed by atoms with Crippen molar-refractivity contribution in [1.82, 2.24) is 19.2 Å². The molecule has 0 aliphatic carbocycles. The molecule has 2 saturated heterocycles. The maximum absolute atomic E-state index is 14.6. The van der Waals surface area contributed by atoms with Crippen molar-refractivity contribution >= 4 is 23.3 Å². The number of pyridine rings is 1. The van der Waals surface area contributed by atoms with Crippen LogP contribution in [-0.2, 0) is 21.6 Å². The molecular formula is C40H35ClN4O3. The molecule has 4 aromatic carbocycles. The first-order valence-electron chi connectivity index (χ1n) is 16.3. The fraction of sp³-hybridized carbons (Fsp3) is 0.200. The number of ether oxygens (including phenoxy) is 2. The zero-order valence-electron chi connectivity index (χ0n) is 26.4. The van der Waals surface area contributed by atoms with Crippen LogP contribution in [0.1, 0.15) is 22.4 Å². The molecule has 0 N–H and O–H groups in total. The lowest BCUT2D eigenvalue weighted by atomic mass is 9.80. The van der Waals surface area contributed by atoms with Gasteiger partial charge in [-0.3, -0.25) is 9.80 Å². The number of hydrogen-bond acceptors (Lipinski definition) is 5. The lowest BCUT2D eigenvalue weighted by molar-refractivity contribution is -0.0976. The van der Waals surface area contributed by atoms with E-state index >= 15 is 0 Å². The van der Waals surface area contributed by atoms with Gasteiger partial charge in [-0.05, 0) is 24.3 Å². The van der Waals surface area contributed by atoms with Crippen LogP contribution in [-0.4, -0.2) is 63.7 Å². The fourth-order valence-electron chi connectivity index (χ4n) is 7.31. The van der Waals surface area contributed by atoms with Gasteiger partial charge in [0.2, 0.25) is 0 Å². The summed E-state index contributed by atoms with van der Waals surface area (Å²) in [6.07, 6.45) is 1.71. The third kappa shape index (κ3) is 5.54. The SMILES string of the molecule is O=C(OC(c1ccccc1)(c1ccccc1)c1ccccc1)N1C2COCC1CN(Cc1c(-c3ccc(Cl)cc3)nc3ccccn13)C2. The van der Waals surface area contributed by atoms with E-state index < -0.39 is 5.60 Å². The zero-order valence-corrected chi connectivity index (χ0v) is 27.1. The summed E-state index contributed by atoms with van der Waals surface area (Å²) < 4.78 is 15.1. The molecule has 7 nitrogen and oxygen atoms in total. The Morgan fingerprint density at radius 1 is 0.750 bits per heavy atom. The minimum atomic E-state index is -1.14. The molecule has 0 saturated carbocycles. The average Bonchev–Trinajstić information content (AvgIpc) is 3.49. The molecular weight excluding hydrogens is 620 g/mol. The Balaban J connectivity index is 1.12. The van der Waals surface area contributed by atoms with E-state index in [1.807, 2.05) is 138 Å². The number of piperazine rings is 1. The molecule has 2 aliphatic rings. The van der Waals surface area contributed by atoms with E-state index in [1.54, 1.807) is 0 Å². The van der Waals surface area contributed by atoms with Crippen molar-refractivity contribution in [3.63, 3.8) is 0 Å². The van der Waals surface area contributed by atoms with Crippen LogP contribution in [0.2, 0.25) is 5.02 Å². The maximum atomic E-state index is 14.6. The van der Waals surface area contributed by atoms with Gasteiger partial charge in [0.15, 0.2) is 5.60 Å². The van der Waals surface area contributed by atoms with Gasteiger partial charge in [0.1, 0.15) is 5.65 Å². The summed E-state index contributed by atoms with van der Waals surface area (Å²) in [5, 5.41) is 0.690. The Morgan fingerprint density at radius 2 is 1.29 bits per heavy atom. The van der Waals surface area contributed by atoms with E-state index in [0.29, 0.717) is 37.9 Å². The first-order chi connectivity index (χ1) is 23.6. The Labute approximate surface area is 284 Å². The average molecular weight is 655 g/mol. The summed E-state index contributed by atoms with van der Waals surface area (Å²) in [7, 11) is 0. The number of carbonyl (C=O) groups excluding carboxylic acids is 1. The van der Waals surface area contributed by atoms with E-state index in [-0.39, 0.29) is 18.2 Å². The summed E-state index contributed by atoms with van der Waals surface area (Å²) in [5.74, 6) is 0. The molecule has 4 heterocycles. The Kier molecular flexibility index (Phi) is 8.18. The largest absolute Gasteiger partial charge is 0.428 e. The van der Waals surface area contributed by atoms with Crippen molar-refractivity contribution in [2.24, 2.45) is 0 Å². The summed E-state index contributed by atoms with van der Waals surface area (Å²) in [5.41, 5.74) is 5.45. The first-order valence-corrected chi connectivity index (χ1v) is 16.7. The highest BCUT2D eigenvalue weighted by molar-refractivity contribution is 6.30. The molecule has 8 rings (SSSR count). The third-order valence-electron chi connectivity index (χ3n) is 9.46. The van der Waals surface area contributed by atoms with Crippen molar-refractivity contribution in [3.8, 4) is 11.3 Å². The number of nitrogens with zero attached hydrogens (tertiary/aromatic N) is 4. The minimum absolute atomic E-state index is 0.178. The van der Waals surface area contributed by atoms with Gasteiger partial charge in [0, 0.05) is 53.1 Å². The Hall–Kier alpha value is -4.95. The van der Waals surface area contributed by atoms with Crippen molar-refractivity contribution in [2.75, 3.05) is 26.3 Å². The van der Waals surface area contributed by atoms with Gasteiger partial charge in [-0.15, -0.1) is 0 Å². The molecule has 2 unspecified atom stereocenters. The van der Waals surface area contributed by atoms with Gasteiger partial charge in [0.25, 0.3) is 0 Å². The third-order valence-corrected chi connectivity index (χ3v) is 9.71. The van der Waals surface area contributed by atoms with E-state index in [2.05, 4.69) is 15.5 Å². The number of halogens is 1. The molecule has 0 spiro atoms. The van der Waals surface area contributed by atoms with Crippen LogP contribution in [0, 0.1) is 0 Å². The van der Waals surface area contributed by atoms with Crippen LogP contribution in [0.5, 0.6) is 0 Å². The molecule has 0 radical (unpaired) electrons. The van der Waals surface area contributed by atoms with Gasteiger partial charge in [0.05, 0.1) is 36.7 Å². The highest BCUT2D eigenvalue weighted by Crippen LogP contribution is 2.42. The Bertz CT molecular complexity index is 1910. The second-order valence-electron chi connectivity index (χ2n) is 12.4. The Morgan fingerprint density at radius 3 is 1.85 bits per heavy atom. The second-order valence-corrected chi connectivity index (χ2v) is 12.9. The fourth-order valence-corrected chi connectivity index (χ4v) is 7.43. The van der Waals surface area contributed by atoms with Crippen molar-refractivity contribution in [2.45, 2.75) is 24.2 Å². The molecule has 2 aromatic heterocycles. The summed E-state index contributed by atoms with van der Waals surface area (Å²) in [6.45, 7) is 2.82. The number of carbonyl (C=O) groups is 1. The molecule has 6 aromatic rings. The number of hydrogen-bond donors (Lipinski definition) is 0. The molecule has 2 bridgehead atoms. The zero-order chi connectivity index (χ0) is 32.5. The predicted octanol–water partition coefficient (Wildman–Crippen LogP) is 7.67. The molecule has 1 amide bonds. The van der Waals surface area contributed by atoms with Crippen molar-refractivity contribution < 1.29 is 14.3 Å². The highest BCUT2D eigenvalue weighted by Gasteiger charge is 2.47. The van der Waals surface area contributed by atoms with Gasteiger partial charge < -0.3 is 13.9 Å². The van der Waals surface area contributed by atoms with Crippen LogP contribution in [0.4, 0.5) is 4.79 Å². The number of morpholine rings is 1. The van der Waals surface area contributed by atoms with Gasteiger partial charge in [-0.1, -0.05) is 121 Å². The van der Waals surface area contributed by atoms with E-state index in [9.17, 15) is 4.79 Å². The topological polar surface area (TPSA) is 59.3 Å². The molecule has 8 heteroatoms. The predicted molar refractivity (Wildman–Crippen MR) is 187 cm³/mol. The highest BCUT2D eigenvalue weighted by atomic mass is 35.5. The van der Waals surface area contributed by atoms with E-state index in [4.69, 9.17) is 26.1 Å². The van der Waals surface area contributed by atoms with Crippen LogP contribution in [0.3, 0.4) is 0 Å². The lowest BCUT2D eigenvalue weighted by Gasteiger charge is -2.50. The van der Waals surface area contributed by atoms with Crippen molar-refractivity contribution in [1.29, 1.82) is 0 Å². The number of amides is 1. The lowest BCUT2D eigenvalue weighted by Crippen LogP contribution is -2.66. The minimum Gasteiger partial charge on any atom is -0.428 e.